The molecule has 1 unspecified atom stereocenters. The lowest BCUT2D eigenvalue weighted by Gasteiger charge is -1.98. The smallest absolute Gasteiger partial charge is 0.354 e. The number of nitrogens with one attached hydrogen (secondary N) is 1. The molecule has 1 heterocycles. The molecule has 1 aromatic rings. The van der Waals surface area contributed by atoms with Gasteiger partial charge in [0.2, 0.25) is 0 Å². The van der Waals surface area contributed by atoms with E-state index in [1.807, 2.05) is 0 Å². The topological polar surface area (TPSA) is 62.3 Å². The number of ether oxygens (including phenoxy) is 1. The van der Waals surface area contributed by atoms with Gasteiger partial charge in [0.05, 0.1) is 12.7 Å². The summed E-state index contributed by atoms with van der Waals surface area (Å²) in [6.45, 7) is 3.73. The SMILES string of the molecule is CCOC(=O)c1cc(C(C)O)c[nH]1. The minimum atomic E-state index is -0.570. The predicted molar refractivity (Wildman–Crippen MR) is 47.4 cm³/mol. The molecule has 0 aliphatic rings. The van der Waals surface area contributed by atoms with Gasteiger partial charge in [-0.3, -0.25) is 0 Å². The van der Waals surface area contributed by atoms with Gasteiger partial charge in [0.15, 0.2) is 0 Å². The van der Waals surface area contributed by atoms with Crippen LogP contribution >= 0.6 is 0 Å². The summed E-state index contributed by atoms with van der Waals surface area (Å²) in [5, 5.41) is 9.18. The number of esters is 1. The molecule has 4 heteroatoms. The molecule has 1 atom stereocenters. The Labute approximate surface area is 76.5 Å². The Bertz CT molecular complexity index is 291. The maximum Gasteiger partial charge on any atom is 0.354 e. The molecule has 2 N–H and O–H groups in total. The van der Waals surface area contributed by atoms with E-state index in [-0.39, 0.29) is 0 Å². The highest BCUT2D eigenvalue weighted by atomic mass is 16.5. The summed E-state index contributed by atoms with van der Waals surface area (Å²) in [5.41, 5.74) is 1.06. The van der Waals surface area contributed by atoms with Crippen LogP contribution in [0.1, 0.15) is 36.0 Å². The van der Waals surface area contributed by atoms with Crippen molar-refractivity contribution in [2.24, 2.45) is 0 Å². The van der Waals surface area contributed by atoms with Crippen LogP contribution in [0.15, 0.2) is 12.3 Å². The number of hydrogen-bond acceptors (Lipinski definition) is 3. The van der Waals surface area contributed by atoms with Gasteiger partial charge in [-0.25, -0.2) is 4.79 Å². The summed E-state index contributed by atoms with van der Waals surface area (Å²) < 4.78 is 4.77. The number of aromatic amines is 1. The normalized spacial score (nSPS) is 12.5. The number of H-pyrrole nitrogens is 1. The van der Waals surface area contributed by atoms with Gasteiger partial charge in [0.25, 0.3) is 0 Å². The Kier molecular flexibility index (Phi) is 3.08. The maximum atomic E-state index is 11.1. The summed E-state index contributed by atoms with van der Waals surface area (Å²) in [6.07, 6.45) is 1.02. The van der Waals surface area contributed by atoms with Gasteiger partial charge in [0, 0.05) is 6.20 Å². The van der Waals surface area contributed by atoms with Gasteiger partial charge < -0.3 is 14.8 Å². The summed E-state index contributed by atoms with van der Waals surface area (Å²) in [4.78, 5) is 13.9. The highest BCUT2D eigenvalue weighted by molar-refractivity contribution is 5.87. The molecule has 0 saturated heterocycles. The third-order valence-corrected chi connectivity index (χ3v) is 1.68. The van der Waals surface area contributed by atoms with Crippen molar-refractivity contribution >= 4 is 5.97 Å². The van der Waals surface area contributed by atoms with Crippen molar-refractivity contribution in [2.45, 2.75) is 20.0 Å². The molecule has 0 amide bonds. The average molecular weight is 183 g/mol. The van der Waals surface area contributed by atoms with Crippen LogP contribution in [0.4, 0.5) is 0 Å². The fraction of sp³-hybridized carbons (Fsp3) is 0.444. The van der Waals surface area contributed by atoms with E-state index in [4.69, 9.17) is 4.74 Å². The lowest BCUT2D eigenvalue weighted by Crippen LogP contribution is -2.04. The van der Waals surface area contributed by atoms with Crippen LogP contribution in [0, 0.1) is 0 Å². The molecule has 0 bridgehead atoms. The van der Waals surface area contributed by atoms with E-state index in [9.17, 15) is 9.90 Å². The maximum absolute atomic E-state index is 11.1. The first-order valence-corrected chi connectivity index (χ1v) is 4.18. The van der Waals surface area contributed by atoms with Crippen molar-refractivity contribution in [3.63, 3.8) is 0 Å². The van der Waals surface area contributed by atoms with Crippen LogP contribution in [-0.2, 0) is 4.74 Å². The number of carbonyl (C=O) groups excluding carboxylic acids is 1. The molecule has 4 nitrogen and oxygen atoms in total. The molecule has 0 saturated carbocycles. The Morgan fingerprint density at radius 1 is 1.77 bits per heavy atom. The van der Waals surface area contributed by atoms with Crippen LogP contribution in [0.2, 0.25) is 0 Å². The minimum Gasteiger partial charge on any atom is -0.461 e. The van der Waals surface area contributed by atoms with Crippen molar-refractivity contribution in [1.82, 2.24) is 4.98 Å². The van der Waals surface area contributed by atoms with Crippen LogP contribution in [0.5, 0.6) is 0 Å². The van der Waals surface area contributed by atoms with Gasteiger partial charge in [0.1, 0.15) is 5.69 Å². The Hall–Kier alpha value is -1.29. The van der Waals surface area contributed by atoms with E-state index in [1.165, 1.54) is 0 Å². The molecule has 0 aliphatic carbocycles. The van der Waals surface area contributed by atoms with Crippen LogP contribution in [-0.4, -0.2) is 22.7 Å². The first-order valence-electron chi connectivity index (χ1n) is 4.18. The van der Waals surface area contributed by atoms with Crippen molar-refractivity contribution < 1.29 is 14.6 Å². The number of aliphatic hydroxyl groups excluding tert-OH is 1. The second kappa shape index (κ2) is 4.09. The predicted octanol–water partition coefficient (Wildman–Crippen LogP) is 1.24. The van der Waals surface area contributed by atoms with E-state index < -0.39 is 12.1 Å². The van der Waals surface area contributed by atoms with Crippen molar-refractivity contribution in [3.05, 3.63) is 23.5 Å². The summed E-state index contributed by atoms with van der Waals surface area (Å²) in [5.74, 6) is -0.394. The average Bonchev–Trinajstić information content (AvgIpc) is 2.52. The molecule has 1 rings (SSSR count). The first kappa shape index (κ1) is 9.80. The zero-order valence-corrected chi connectivity index (χ0v) is 7.70. The van der Waals surface area contributed by atoms with Crippen molar-refractivity contribution in [1.29, 1.82) is 0 Å². The van der Waals surface area contributed by atoms with Crippen LogP contribution in [0.25, 0.3) is 0 Å². The second-order valence-electron chi connectivity index (χ2n) is 2.74. The fourth-order valence-corrected chi connectivity index (χ4v) is 0.979. The van der Waals surface area contributed by atoms with Gasteiger partial charge in [-0.1, -0.05) is 0 Å². The summed E-state index contributed by atoms with van der Waals surface area (Å²) >= 11 is 0. The first-order chi connectivity index (χ1) is 6.15. The second-order valence-corrected chi connectivity index (χ2v) is 2.74. The summed E-state index contributed by atoms with van der Waals surface area (Å²) in [7, 11) is 0. The van der Waals surface area contributed by atoms with E-state index >= 15 is 0 Å². The fourth-order valence-electron chi connectivity index (χ4n) is 0.979. The van der Waals surface area contributed by atoms with E-state index in [1.54, 1.807) is 26.1 Å². The summed E-state index contributed by atoms with van der Waals surface area (Å²) in [6, 6.07) is 1.59. The van der Waals surface area contributed by atoms with Gasteiger partial charge in [-0.05, 0) is 25.5 Å². The monoisotopic (exact) mass is 183 g/mol. The standard InChI is InChI=1S/C9H13NO3/c1-3-13-9(12)8-4-7(5-10-8)6(2)11/h4-6,10-11H,3H2,1-2H3. The Balaban J connectivity index is 2.73. The highest BCUT2D eigenvalue weighted by Crippen LogP contribution is 2.13. The van der Waals surface area contributed by atoms with E-state index in [0.717, 1.165) is 0 Å². The van der Waals surface area contributed by atoms with Gasteiger partial charge in [-0.15, -0.1) is 0 Å². The molecular weight excluding hydrogens is 170 g/mol. The third-order valence-electron chi connectivity index (χ3n) is 1.68. The number of rotatable bonds is 3. The highest BCUT2D eigenvalue weighted by Gasteiger charge is 2.10. The largest absolute Gasteiger partial charge is 0.461 e. The third kappa shape index (κ3) is 2.32. The molecule has 0 aliphatic heterocycles. The molecule has 0 fully saturated rings. The molecule has 0 aromatic carbocycles. The zero-order chi connectivity index (χ0) is 9.84. The van der Waals surface area contributed by atoms with Gasteiger partial charge >= 0.3 is 5.97 Å². The Morgan fingerprint density at radius 2 is 2.46 bits per heavy atom. The number of aliphatic hydroxyl groups is 1. The molecule has 13 heavy (non-hydrogen) atoms. The van der Waals surface area contributed by atoms with Crippen LogP contribution in [0.3, 0.4) is 0 Å². The van der Waals surface area contributed by atoms with Crippen LogP contribution < -0.4 is 0 Å². The minimum absolute atomic E-state index is 0.349. The van der Waals surface area contributed by atoms with E-state index in [0.29, 0.717) is 17.9 Å². The number of carbonyl (C=O) groups is 1. The lowest BCUT2D eigenvalue weighted by atomic mass is 10.2. The molecule has 0 radical (unpaired) electrons. The zero-order valence-electron chi connectivity index (χ0n) is 7.70. The molecule has 72 valence electrons. The Morgan fingerprint density at radius 3 is 2.92 bits per heavy atom. The van der Waals surface area contributed by atoms with Gasteiger partial charge in [-0.2, -0.15) is 0 Å². The quantitative estimate of drug-likeness (QED) is 0.693. The number of hydrogen-bond donors (Lipinski definition) is 2. The molecular formula is C9H13NO3. The number of aromatic nitrogens is 1. The molecule has 1 aromatic heterocycles. The molecule has 0 spiro atoms. The van der Waals surface area contributed by atoms with Crippen molar-refractivity contribution in [2.75, 3.05) is 6.61 Å². The van der Waals surface area contributed by atoms with E-state index in [2.05, 4.69) is 4.98 Å². The lowest BCUT2D eigenvalue weighted by molar-refractivity contribution is 0.0520. The van der Waals surface area contributed by atoms with Crippen molar-refractivity contribution in [3.8, 4) is 0 Å².